The summed E-state index contributed by atoms with van der Waals surface area (Å²) < 4.78 is 2.34. The number of hydrogen-bond acceptors (Lipinski definition) is 3. The van der Waals surface area contributed by atoms with Gasteiger partial charge in [0.15, 0.2) is 17.5 Å². The van der Waals surface area contributed by atoms with Crippen LogP contribution in [0.2, 0.25) is 0 Å². The van der Waals surface area contributed by atoms with Gasteiger partial charge in [0.1, 0.15) is 5.41 Å². The molecule has 2 aromatic heterocycles. The molecule has 2 heterocycles. The van der Waals surface area contributed by atoms with Crippen molar-refractivity contribution < 1.29 is 0 Å². The highest BCUT2D eigenvalue weighted by Gasteiger charge is 2.48. The van der Waals surface area contributed by atoms with Crippen LogP contribution in [0, 0.1) is 0 Å². The molecule has 0 atom stereocenters. The Balaban J connectivity index is 1.18. The first kappa shape index (κ1) is 32.0. The molecule has 0 unspecified atom stereocenters. The zero-order valence-corrected chi connectivity index (χ0v) is 30.4. The van der Waals surface area contributed by atoms with Crippen LogP contribution >= 0.6 is 0 Å². The standard InChI is InChI=1S/C52H34N4/c1-3-16-35(17-4-1)36-30-32-37(33-31-36)49-53-50(38-18-15-21-40(34-38)56-47-28-13-9-24-43(47)44-25-10-14-29-48(44)56)55-51(54-49)52(39-19-5-2-6-20-39)45-26-11-7-22-41(45)42-23-8-12-27-46(42)52/h1-34H. The predicted octanol–water partition coefficient (Wildman–Crippen LogP) is 12.3. The van der Waals surface area contributed by atoms with Crippen LogP contribution in [0.4, 0.5) is 0 Å². The summed E-state index contributed by atoms with van der Waals surface area (Å²) >= 11 is 0. The van der Waals surface area contributed by atoms with Crippen molar-refractivity contribution in [3.05, 3.63) is 229 Å². The van der Waals surface area contributed by atoms with Gasteiger partial charge in [0.25, 0.3) is 0 Å². The van der Waals surface area contributed by atoms with Crippen molar-refractivity contribution in [3.63, 3.8) is 0 Å². The average molecular weight is 715 g/mol. The van der Waals surface area contributed by atoms with Gasteiger partial charge in [-0.2, -0.15) is 0 Å². The first-order valence-corrected chi connectivity index (χ1v) is 19.0. The molecule has 0 spiro atoms. The SMILES string of the molecule is c1ccc(-c2ccc(-c3nc(-c4cccc(-n5c6ccccc6c6ccccc65)c4)nc(C4(c5ccccc5)c5ccccc5-c5ccccc54)n3)cc2)cc1. The van der Waals surface area contributed by atoms with E-state index in [-0.39, 0.29) is 0 Å². The minimum atomic E-state index is -0.782. The Labute approximate surface area is 325 Å². The van der Waals surface area contributed by atoms with E-state index in [2.05, 4.69) is 205 Å². The Morgan fingerprint density at radius 3 is 1.48 bits per heavy atom. The summed E-state index contributed by atoms with van der Waals surface area (Å²) in [7, 11) is 0. The van der Waals surface area contributed by atoms with E-state index in [1.807, 2.05) is 6.07 Å². The fourth-order valence-corrected chi connectivity index (χ4v) is 8.83. The van der Waals surface area contributed by atoms with E-state index in [0.717, 1.165) is 50.1 Å². The van der Waals surface area contributed by atoms with Gasteiger partial charge in [-0.3, -0.25) is 0 Å². The van der Waals surface area contributed by atoms with E-state index in [1.54, 1.807) is 0 Å². The number of fused-ring (bicyclic) bond motifs is 6. The largest absolute Gasteiger partial charge is 0.309 e. The van der Waals surface area contributed by atoms with Gasteiger partial charge in [0, 0.05) is 27.6 Å². The normalized spacial score (nSPS) is 12.8. The Morgan fingerprint density at radius 1 is 0.357 bits per heavy atom. The Hall–Kier alpha value is -7.43. The van der Waals surface area contributed by atoms with E-state index in [9.17, 15) is 0 Å². The number of rotatable bonds is 6. The fourth-order valence-electron chi connectivity index (χ4n) is 8.83. The predicted molar refractivity (Wildman–Crippen MR) is 228 cm³/mol. The van der Waals surface area contributed by atoms with Crippen LogP contribution in [0.15, 0.2) is 206 Å². The number of aromatic nitrogens is 4. The van der Waals surface area contributed by atoms with Gasteiger partial charge in [-0.05, 0) is 63.2 Å². The Bertz CT molecular complexity index is 2970. The summed E-state index contributed by atoms with van der Waals surface area (Å²) in [5.41, 5.74) is 12.5. The van der Waals surface area contributed by atoms with Crippen molar-refractivity contribution in [2.75, 3.05) is 0 Å². The first-order chi connectivity index (χ1) is 27.8. The maximum absolute atomic E-state index is 5.54. The monoisotopic (exact) mass is 714 g/mol. The molecule has 56 heavy (non-hydrogen) atoms. The van der Waals surface area contributed by atoms with Crippen molar-refractivity contribution in [2.45, 2.75) is 5.41 Å². The van der Waals surface area contributed by atoms with Crippen LogP contribution in [0.5, 0.6) is 0 Å². The summed E-state index contributed by atoms with van der Waals surface area (Å²) in [5.74, 6) is 1.94. The molecule has 4 nitrogen and oxygen atoms in total. The van der Waals surface area contributed by atoms with Gasteiger partial charge in [0.05, 0.1) is 11.0 Å². The summed E-state index contributed by atoms with van der Waals surface area (Å²) in [5, 5.41) is 2.45. The number of benzene rings is 8. The third-order valence-electron chi connectivity index (χ3n) is 11.3. The molecule has 1 aliphatic rings. The molecule has 10 aromatic rings. The maximum Gasteiger partial charge on any atom is 0.163 e. The molecule has 0 saturated carbocycles. The molecule has 1 aliphatic carbocycles. The molecule has 0 saturated heterocycles. The van der Waals surface area contributed by atoms with Crippen LogP contribution in [-0.4, -0.2) is 19.5 Å². The molecule has 0 N–H and O–H groups in total. The number of hydrogen-bond donors (Lipinski definition) is 0. The maximum atomic E-state index is 5.54. The highest BCUT2D eigenvalue weighted by molar-refractivity contribution is 6.09. The van der Waals surface area contributed by atoms with Crippen molar-refractivity contribution in [1.82, 2.24) is 19.5 Å². The molecule has 0 fully saturated rings. The lowest BCUT2D eigenvalue weighted by Gasteiger charge is -2.32. The smallest absolute Gasteiger partial charge is 0.163 e. The lowest BCUT2D eigenvalue weighted by Crippen LogP contribution is -2.31. The van der Waals surface area contributed by atoms with Crippen molar-refractivity contribution >= 4 is 21.8 Å². The van der Waals surface area contributed by atoms with Crippen molar-refractivity contribution in [3.8, 4) is 50.7 Å². The van der Waals surface area contributed by atoms with E-state index in [1.165, 1.54) is 27.5 Å². The minimum Gasteiger partial charge on any atom is -0.309 e. The van der Waals surface area contributed by atoms with Gasteiger partial charge in [0.2, 0.25) is 0 Å². The third-order valence-corrected chi connectivity index (χ3v) is 11.3. The highest BCUT2D eigenvalue weighted by atomic mass is 15.1. The van der Waals surface area contributed by atoms with E-state index in [4.69, 9.17) is 15.0 Å². The van der Waals surface area contributed by atoms with Crippen LogP contribution in [0.25, 0.3) is 72.5 Å². The Morgan fingerprint density at radius 2 is 0.839 bits per heavy atom. The summed E-state index contributed by atoms with van der Waals surface area (Å²) in [4.78, 5) is 16.3. The molecule has 4 heteroatoms. The summed E-state index contributed by atoms with van der Waals surface area (Å²) in [6, 6.07) is 73.0. The van der Waals surface area contributed by atoms with E-state index < -0.39 is 5.41 Å². The van der Waals surface area contributed by atoms with Crippen LogP contribution in [0.3, 0.4) is 0 Å². The molecule has 11 rings (SSSR count). The van der Waals surface area contributed by atoms with Crippen molar-refractivity contribution in [1.29, 1.82) is 0 Å². The van der Waals surface area contributed by atoms with Gasteiger partial charge < -0.3 is 4.57 Å². The minimum absolute atomic E-state index is 0.622. The molecule has 0 bridgehead atoms. The molecule has 0 aliphatic heterocycles. The zero-order valence-electron chi connectivity index (χ0n) is 30.4. The molecular formula is C52H34N4. The molecule has 0 amide bonds. The topological polar surface area (TPSA) is 43.6 Å². The number of para-hydroxylation sites is 2. The van der Waals surface area contributed by atoms with Crippen molar-refractivity contribution in [2.24, 2.45) is 0 Å². The highest BCUT2D eigenvalue weighted by Crippen LogP contribution is 2.55. The molecular weight excluding hydrogens is 681 g/mol. The van der Waals surface area contributed by atoms with Crippen LogP contribution in [0.1, 0.15) is 22.5 Å². The third kappa shape index (κ3) is 4.89. The second-order valence-corrected chi connectivity index (χ2v) is 14.4. The summed E-state index contributed by atoms with van der Waals surface area (Å²) in [6.45, 7) is 0. The quantitative estimate of drug-likeness (QED) is 0.172. The Kier molecular flexibility index (Phi) is 7.36. The lowest BCUT2D eigenvalue weighted by molar-refractivity contribution is 0.692. The van der Waals surface area contributed by atoms with Gasteiger partial charge in [-0.25, -0.2) is 15.0 Å². The molecule has 262 valence electrons. The average Bonchev–Trinajstić information content (AvgIpc) is 3.78. The van der Waals surface area contributed by atoms with E-state index >= 15 is 0 Å². The fraction of sp³-hybridized carbons (Fsp3) is 0.0192. The van der Waals surface area contributed by atoms with Crippen LogP contribution in [-0.2, 0) is 5.41 Å². The number of nitrogens with zero attached hydrogens (tertiary/aromatic N) is 4. The summed E-state index contributed by atoms with van der Waals surface area (Å²) in [6.07, 6.45) is 0. The molecule has 0 radical (unpaired) electrons. The van der Waals surface area contributed by atoms with Gasteiger partial charge in [-0.15, -0.1) is 0 Å². The van der Waals surface area contributed by atoms with E-state index in [0.29, 0.717) is 17.5 Å². The lowest BCUT2D eigenvalue weighted by atomic mass is 9.71. The van der Waals surface area contributed by atoms with Gasteiger partial charge in [-0.1, -0.05) is 182 Å². The molecule has 8 aromatic carbocycles. The first-order valence-electron chi connectivity index (χ1n) is 19.0. The zero-order chi connectivity index (χ0) is 37.1. The second kappa shape index (κ2) is 12.9. The van der Waals surface area contributed by atoms with Gasteiger partial charge >= 0.3 is 0 Å². The second-order valence-electron chi connectivity index (χ2n) is 14.4. The van der Waals surface area contributed by atoms with Crippen LogP contribution < -0.4 is 0 Å².